The van der Waals surface area contributed by atoms with E-state index in [-0.39, 0.29) is 16.4 Å². The number of sulfonamides is 1. The molecular formula is C17H24N2O7S. The van der Waals surface area contributed by atoms with Crippen LogP contribution >= 0.6 is 0 Å². The molecule has 150 valence electrons. The first kappa shape index (κ1) is 22.6. The van der Waals surface area contributed by atoms with Crippen molar-refractivity contribution in [2.75, 3.05) is 20.8 Å². The summed E-state index contributed by atoms with van der Waals surface area (Å²) in [5.74, 6) is -2.29. The lowest BCUT2D eigenvalue weighted by molar-refractivity contribution is -0.147. The first-order chi connectivity index (χ1) is 12.7. The molecule has 2 N–H and O–H groups in total. The summed E-state index contributed by atoms with van der Waals surface area (Å²) in [7, 11) is -1.25. The summed E-state index contributed by atoms with van der Waals surface area (Å²) in [6, 6.07) is 4.36. The lowest BCUT2D eigenvalue weighted by Gasteiger charge is -2.21. The standard InChI is InChI=1S/C17H24N2O7S/c1-5-11(2)15(17(22)25-4)19-14(20)10-26-16(21)12-7-6-8-13(9-12)27(23,24)18-3/h6-9,11,15,18H,5,10H2,1-4H3,(H,19,20)/t11-,15+/m0/s1. The smallest absolute Gasteiger partial charge is 0.338 e. The average molecular weight is 400 g/mol. The summed E-state index contributed by atoms with van der Waals surface area (Å²) in [6.45, 7) is 3.02. The van der Waals surface area contributed by atoms with Crippen LogP contribution in [0.1, 0.15) is 30.6 Å². The molecule has 2 atom stereocenters. The molecule has 0 radical (unpaired) electrons. The largest absolute Gasteiger partial charge is 0.467 e. The van der Waals surface area contributed by atoms with Crippen LogP contribution in [-0.4, -0.2) is 53.1 Å². The molecule has 0 saturated carbocycles. The lowest BCUT2D eigenvalue weighted by atomic mass is 9.99. The number of carbonyl (C=O) groups is 3. The quantitative estimate of drug-likeness (QED) is 0.576. The summed E-state index contributed by atoms with van der Waals surface area (Å²) in [5, 5.41) is 2.47. The van der Waals surface area contributed by atoms with Crippen molar-refractivity contribution in [3.63, 3.8) is 0 Å². The predicted molar refractivity (Wildman–Crippen MR) is 96.4 cm³/mol. The summed E-state index contributed by atoms with van der Waals surface area (Å²) in [6.07, 6.45) is 0.632. The Hall–Kier alpha value is -2.46. The van der Waals surface area contributed by atoms with Gasteiger partial charge in [-0.1, -0.05) is 26.3 Å². The van der Waals surface area contributed by atoms with Gasteiger partial charge in [-0.05, 0) is 31.2 Å². The van der Waals surface area contributed by atoms with Gasteiger partial charge in [-0.2, -0.15) is 0 Å². The molecule has 0 aromatic heterocycles. The zero-order chi connectivity index (χ0) is 20.6. The fourth-order valence-corrected chi connectivity index (χ4v) is 2.91. The third-order valence-electron chi connectivity index (χ3n) is 3.97. The van der Waals surface area contributed by atoms with Crippen molar-refractivity contribution >= 4 is 27.9 Å². The van der Waals surface area contributed by atoms with Crippen molar-refractivity contribution in [3.05, 3.63) is 29.8 Å². The highest BCUT2D eigenvalue weighted by Gasteiger charge is 2.27. The topological polar surface area (TPSA) is 128 Å². The SMILES string of the molecule is CC[C@H](C)[C@@H](NC(=O)COC(=O)c1cccc(S(=O)(=O)NC)c1)C(=O)OC. The van der Waals surface area contributed by atoms with Crippen molar-refractivity contribution in [1.29, 1.82) is 0 Å². The molecule has 1 rings (SSSR count). The van der Waals surface area contributed by atoms with Crippen LogP contribution in [-0.2, 0) is 29.1 Å². The highest BCUT2D eigenvalue weighted by molar-refractivity contribution is 7.89. The summed E-state index contributed by atoms with van der Waals surface area (Å²) in [5.41, 5.74) is -0.0226. The maximum atomic E-state index is 12.1. The minimum absolute atomic E-state index is 0.0226. The minimum atomic E-state index is -3.71. The van der Waals surface area contributed by atoms with Crippen LogP contribution in [0.4, 0.5) is 0 Å². The fraction of sp³-hybridized carbons (Fsp3) is 0.471. The molecular weight excluding hydrogens is 376 g/mol. The Bertz CT molecular complexity index is 792. The maximum absolute atomic E-state index is 12.1. The van der Waals surface area contributed by atoms with Gasteiger partial charge in [0.15, 0.2) is 6.61 Å². The third kappa shape index (κ3) is 6.33. The number of carbonyl (C=O) groups excluding carboxylic acids is 3. The van der Waals surface area contributed by atoms with Gasteiger partial charge in [0.1, 0.15) is 6.04 Å². The lowest BCUT2D eigenvalue weighted by Crippen LogP contribution is -2.47. The van der Waals surface area contributed by atoms with Gasteiger partial charge in [0.05, 0.1) is 17.6 Å². The number of nitrogens with one attached hydrogen (secondary N) is 2. The van der Waals surface area contributed by atoms with E-state index in [2.05, 4.69) is 14.8 Å². The van der Waals surface area contributed by atoms with Gasteiger partial charge in [-0.25, -0.2) is 22.7 Å². The number of amides is 1. The van der Waals surface area contributed by atoms with Crippen molar-refractivity contribution in [2.45, 2.75) is 31.2 Å². The van der Waals surface area contributed by atoms with Gasteiger partial charge in [0.2, 0.25) is 10.0 Å². The molecule has 0 spiro atoms. The van der Waals surface area contributed by atoms with Gasteiger partial charge in [0.25, 0.3) is 5.91 Å². The zero-order valence-electron chi connectivity index (χ0n) is 15.6. The number of methoxy groups -OCH3 is 1. The minimum Gasteiger partial charge on any atom is -0.467 e. The van der Waals surface area contributed by atoms with Crippen LogP contribution in [0, 0.1) is 5.92 Å². The van der Waals surface area contributed by atoms with Gasteiger partial charge in [0, 0.05) is 0 Å². The number of esters is 2. The Morgan fingerprint density at radius 2 is 1.89 bits per heavy atom. The van der Waals surface area contributed by atoms with Gasteiger partial charge in [-0.15, -0.1) is 0 Å². The second kappa shape index (κ2) is 10.0. The van der Waals surface area contributed by atoms with Gasteiger partial charge < -0.3 is 14.8 Å². The first-order valence-corrected chi connectivity index (χ1v) is 9.72. The molecule has 0 heterocycles. The molecule has 0 saturated heterocycles. The first-order valence-electron chi connectivity index (χ1n) is 8.24. The molecule has 1 aromatic rings. The molecule has 0 fully saturated rings. The van der Waals surface area contributed by atoms with E-state index in [9.17, 15) is 22.8 Å². The van der Waals surface area contributed by atoms with E-state index in [1.165, 1.54) is 32.4 Å². The number of benzene rings is 1. The second-order valence-corrected chi connectivity index (χ2v) is 7.65. The van der Waals surface area contributed by atoms with Crippen molar-refractivity contribution < 1.29 is 32.3 Å². The van der Waals surface area contributed by atoms with Crippen molar-refractivity contribution in [3.8, 4) is 0 Å². The molecule has 0 bridgehead atoms. The summed E-state index contributed by atoms with van der Waals surface area (Å²) < 4.78 is 35.3. The second-order valence-electron chi connectivity index (χ2n) is 5.77. The van der Waals surface area contributed by atoms with E-state index < -0.39 is 40.5 Å². The molecule has 0 aliphatic heterocycles. The Morgan fingerprint density at radius 1 is 1.22 bits per heavy atom. The monoisotopic (exact) mass is 400 g/mol. The molecule has 1 amide bonds. The average Bonchev–Trinajstić information content (AvgIpc) is 2.68. The van der Waals surface area contributed by atoms with E-state index >= 15 is 0 Å². The Morgan fingerprint density at radius 3 is 2.44 bits per heavy atom. The molecule has 0 aliphatic carbocycles. The molecule has 9 nitrogen and oxygen atoms in total. The van der Waals surface area contributed by atoms with Gasteiger partial charge in [-0.3, -0.25) is 4.79 Å². The van der Waals surface area contributed by atoms with Crippen molar-refractivity contribution in [1.82, 2.24) is 10.0 Å². The molecule has 1 aromatic carbocycles. The van der Waals surface area contributed by atoms with E-state index in [1.54, 1.807) is 6.92 Å². The molecule has 0 unspecified atom stereocenters. The van der Waals surface area contributed by atoms with Crippen LogP contribution < -0.4 is 10.0 Å². The summed E-state index contributed by atoms with van der Waals surface area (Å²) in [4.78, 5) is 35.7. The Labute approximate surface area is 158 Å². The summed E-state index contributed by atoms with van der Waals surface area (Å²) >= 11 is 0. The van der Waals surface area contributed by atoms with E-state index in [0.717, 1.165) is 6.07 Å². The highest BCUT2D eigenvalue weighted by Crippen LogP contribution is 2.12. The number of ether oxygens (including phenoxy) is 2. The highest BCUT2D eigenvalue weighted by atomic mass is 32.2. The predicted octanol–water partition coefficient (Wildman–Crippen LogP) is 0.455. The van der Waals surface area contributed by atoms with E-state index in [0.29, 0.717) is 6.42 Å². The maximum Gasteiger partial charge on any atom is 0.338 e. The molecule has 0 aliphatic rings. The van der Waals surface area contributed by atoms with Crippen LogP contribution in [0.2, 0.25) is 0 Å². The number of hydrogen-bond donors (Lipinski definition) is 2. The Balaban J connectivity index is 2.75. The molecule has 10 heteroatoms. The van der Waals surface area contributed by atoms with Crippen molar-refractivity contribution in [2.24, 2.45) is 5.92 Å². The van der Waals surface area contributed by atoms with Crippen LogP contribution in [0.15, 0.2) is 29.2 Å². The fourth-order valence-electron chi connectivity index (χ4n) is 2.13. The third-order valence-corrected chi connectivity index (χ3v) is 5.38. The van der Waals surface area contributed by atoms with E-state index in [1.807, 2.05) is 6.92 Å². The zero-order valence-corrected chi connectivity index (χ0v) is 16.5. The van der Waals surface area contributed by atoms with Crippen LogP contribution in [0.5, 0.6) is 0 Å². The Kier molecular flexibility index (Phi) is 8.38. The van der Waals surface area contributed by atoms with Gasteiger partial charge >= 0.3 is 11.9 Å². The normalized spacial score (nSPS) is 13.3. The van der Waals surface area contributed by atoms with Crippen LogP contribution in [0.3, 0.4) is 0 Å². The van der Waals surface area contributed by atoms with E-state index in [4.69, 9.17) is 4.74 Å². The van der Waals surface area contributed by atoms with Crippen LogP contribution in [0.25, 0.3) is 0 Å². The number of hydrogen-bond acceptors (Lipinski definition) is 7. The molecule has 27 heavy (non-hydrogen) atoms. The number of rotatable bonds is 9.